The second-order valence-corrected chi connectivity index (χ2v) is 5.15. The minimum absolute atomic E-state index is 0.00829. The van der Waals surface area contributed by atoms with E-state index in [4.69, 9.17) is 23.2 Å². The van der Waals surface area contributed by atoms with Crippen LogP contribution in [0.25, 0.3) is 0 Å². The summed E-state index contributed by atoms with van der Waals surface area (Å²) in [5.74, 6) is 0. The van der Waals surface area contributed by atoms with Crippen LogP contribution in [0.1, 0.15) is 10.3 Å². The average Bonchev–Trinajstić information content (AvgIpc) is 2.29. The van der Waals surface area contributed by atoms with Crippen molar-refractivity contribution in [1.29, 1.82) is 0 Å². The first-order chi connectivity index (χ1) is 5.82. The largest absolute Gasteiger partial charge is 0.409 e. The van der Waals surface area contributed by atoms with Gasteiger partial charge in [-0.15, -0.1) is 22.9 Å². The lowest BCUT2D eigenvalue weighted by molar-refractivity contribution is -0.131. The van der Waals surface area contributed by atoms with Gasteiger partial charge in [0, 0.05) is 9.35 Å². The molecule has 0 aromatic carbocycles. The van der Waals surface area contributed by atoms with Crippen molar-refractivity contribution < 1.29 is 13.2 Å². The molecule has 0 aliphatic rings. The van der Waals surface area contributed by atoms with Crippen molar-refractivity contribution in [2.45, 2.75) is 11.6 Å². The summed E-state index contributed by atoms with van der Waals surface area (Å²) in [7, 11) is 0. The van der Waals surface area contributed by atoms with Gasteiger partial charge in [0.05, 0.1) is 0 Å². The van der Waals surface area contributed by atoms with Crippen molar-refractivity contribution in [3.05, 3.63) is 19.8 Å². The van der Waals surface area contributed by atoms with Crippen molar-refractivity contribution in [2.75, 3.05) is 0 Å². The second-order valence-electron chi connectivity index (χ2n) is 2.17. The van der Waals surface area contributed by atoms with Crippen LogP contribution in [0.15, 0.2) is 10.5 Å². The van der Waals surface area contributed by atoms with Crippen molar-refractivity contribution in [3.63, 3.8) is 0 Å². The number of hydrogen-bond donors (Lipinski definition) is 0. The number of halogens is 6. The van der Waals surface area contributed by atoms with E-state index in [9.17, 15) is 13.2 Å². The Hall–Kier alpha value is 0.550. The van der Waals surface area contributed by atoms with Gasteiger partial charge in [-0.3, -0.25) is 0 Å². The summed E-state index contributed by atoms with van der Waals surface area (Å²) in [4.78, 5) is -0.00829. The summed E-state index contributed by atoms with van der Waals surface area (Å²) in [5.41, 5.74) is 0. The maximum absolute atomic E-state index is 12.1. The van der Waals surface area contributed by atoms with E-state index < -0.39 is 11.6 Å². The Morgan fingerprint density at radius 2 is 2.00 bits per heavy atom. The van der Waals surface area contributed by atoms with Gasteiger partial charge in [0.15, 0.2) is 5.38 Å². The third-order valence-corrected chi connectivity index (χ3v) is 4.35. The molecule has 0 saturated heterocycles. The highest BCUT2D eigenvalue weighted by atomic mass is 79.9. The summed E-state index contributed by atoms with van der Waals surface area (Å²) in [5, 5.41) is -1.98. The van der Waals surface area contributed by atoms with Gasteiger partial charge in [-0.2, -0.15) is 13.2 Å². The molecule has 1 heterocycles. The smallest absolute Gasteiger partial charge is 0.169 e. The van der Waals surface area contributed by atoms with Gasteiger partial charge in [0.1, 0.15) is 4.34 Å². The van der Waals surface area contributed by atoms with Crippen molar-refractivity contribution in [1.82, 2.24) is 0 Å². The molecular formula is C6H2BrCl2F3S. The van der Waals surface area contributed by atoms with Gasteiger partial charge in [0.25, 0.3) is 0 Å². The summed E-state index contributed by atoms with van der Waals surface area (Å²) in [6.45, 7) is 0. The Morgan fingerprint density at radius 3 is 2.31 bits per heavy atom. The molecule has 0 radical (unpaired) electrons. The molecule has 7 heteroatoms. The van der Waals surface area contributed by atoms with Crippen LogP contribution in [0.4, 0.5) is 13.2 Å². The summed E-state index contributed by atoms with van der Waals surface area (Å²) < 4.78 is 37.0. The average molecular weight is 314 g/mol. The highest BCUT2D eigenvalue weighted by Gasteiger charge is 2.40. The van der Waals surface area contributed by atoms with Crippen LogP contribution >= 0.6 is 50.5 Å². The Labute approximate surface area is 94.8 Å². The van der Waals surface area contributed by atoms with E-state index in [1.54, 1.807) is 0 Å². The van der Waals surface area contributed by atoms with Crippen LogP contribution in [0.3, 0.4) is 0 Å². The number of alkyl halides is 4. The number of hydrogen-bond acceptors (Lipinski definition) is 1. The van der Waals surface area contributed by atoms with Crippen molar-refractivity contribution >= 4 is 50.5 Å². The third kappa shape index (κ3) is 2.75. The zero-order valence-electron chi connectivity index (χ0n) is 5.83. The summed E-state index contributed by atoms with van der Waals surface area (Å²) in [6, 6.07) is 1.28. The molecule has 0 spiro atoms. The molecule has 0 saturated carbocycles. The lowest BCUT2D eigenvalue weighted by Gasteiger charge is -2.10. The topological polar surface area (TPSA) is 0 Å². The minimum Gasteiger partial charge on any atom is -0.169 e. The fraction of sp³-hybridized carbons (Fsp3) is 0.333. The first-order valence-corrected chi connectivity index (χ1v) is 5.40. The fourth-order valence-electron chi connectivity index (χ4n) is 0.650. The molecule has 74 valence electrons. The first kappa shape index (κ1) is 11.6. The number of rotatable bonds is 1. The van der Waals surface area contributed by atoms with Gasteiger partial charge in [0.2, 0.25) is 0 Å². The van der Waals surface area contributed by atoms with Gasteiger partial charge < -0.3 is 0 Å². The Balaban J connectivity index is 2.96. The zero-order valence-corrected chi connectivity index (χ0v) is 9.75. The molecule has 0 aliphatic heterocycles. The maximum atomic E-state index is 12.1. The number of thiophene rings is 1. The molecule has 0 N–H and O–H groups in total. The van der Waals surface area contributed by atoms with Crippen LogP contribution < -0.4 is 0 Å². The Bertz CT molecular complexity index is 290. The van der Waals surface area contributed by atoms with E-state index in [-0.39, 0.29) is 9.21 Å². The third-order valence-electron chi connectivity index (χ3n) is 1.20. The zero-order chi connectivity index (χ0) is 10.2. The van der Waals surface area contributed by atoms with E-state index in [2.05, 4.69) is 15.9 Å². The molecule has 0 amide bonds. The van der Waals surface area contributed by atoms with Crippen molar-refractivity contribution in [3.8, 4) is 0 Å². The molecule has 1 aromatic heterocycles. The van der Waals surface area contributed by atoms with Crippen LogP contribution in [0, 0.1) is 0 Å². The van der Waals surface area contributed by atoms with Crippen LogP contribution in [0.2, 0.25) is 4.34 Å². The highest BCUT2D eigenvalue weighted by Crippen LogP contribution is 2.44. The lowest BCUT2D eigenvalue weighted by atomic mass is 10.3. The standard InChI is InChI=1S/C6H2BrCl2F3S/c7-2-1-3(13-5(2)9)4(8)6(10,11)12/h1,4H. The first-order valence-electron chi connectivity index (χ1n) is 2.98. The predicted molar refractivity (Wildman–Crippen MR) is 51.7 cm³/mol. The monoisotopic (exact) mass is 312 g/mol. The normalized spacial score (nSPS) is 14.6. The van der Waals surface area contributed by atoms with Crippen LogP contribution in [-0.4, -0.2) is 6.18 Å². The van der Waals surface area contributed by atoms with Gasteiger partial charge in [-0.25, -0.2) is 0 Å². The van der Waals surface area contributed by atoms with Gasteiger partial charge in [-0.05, 0) is 22.0 Å². The Morgan fingerprint density at radius 1 is 1.46 bits per heavy atom. The highest BCUT2D eigenvalue weighted by molar-refractivity contribution is 9.10. The lowest BCUT2D eigenvalue weighted by Crippen LogP contribution is -2.14. The molecule has 1 unspecified atom stereocenters. The van der Waals surface area contributed by atoms with Crippen LogP contribution in [-0.2, 0) is 0 Å². The SMILES string of the molecule is FC(F)(F)C(Cl)c1cc(Br)c(Cl)s1. The molecule has 0 bridgehead atoms. The fourth-order valence-corrected chi connectivity index (χ4v) is 2.59. The minimum atomic E-state index is -4.44. The van der Waals surface area contributed by atoms with Gasteiger partial charge >= 0.3 is 6.18 Å². The molecule has 0 aliphatic carbocycles. The van der Waals surface area contributed by atoms with Gasteiger partial charge in [-0.1, -0.05) is 11.6 Å². The summed E-state index contributed by atoms with van der Waals surface area (Å²) >= 11 is 14.6. The van der Waals surface area contributed by atoms with E-state index in [0.29, 0.717) is 4.47 Å². The molecule has 0 fully saturated rings. The quantitative estimate of drug-likeness (QED) is 0.640. The van der Waals surface area contributed by atoms with E-state index in [1.807, 2.05) is 0 Å². The molecule has 13 heavy (non-hydrogen) atoms. The second kappa shape index (κ2) is 3.96. The molecule has 0 nitrogen and oxygen atoms in total. The predicted octanol–water partition coefficient (Wildman–Crippen LogP) is 5.01. The van der Waals surface area contributed by atoms with Crippen molar-refractivity contribution in [2.24, 2.45) is 0 Å². The van der Waals surface area contributed by atoms with E-state index >= 15 is 0 Å². The maximum Gasteiger partial charge on any atom is 0.409 e. The molecular weight excluding hydrogens is 312 g/mol. The van der Waals surface area contributed by atoms with Crippen LogP contribution in [0.5, 0.6) is 0 Å². The molecule has 1 atom stereocenters. The van der Waals surface area contributed by atoms with E-state index in [0.717, 1.165) is 11.3 Å². The molecule has 1 rings (SSSR count). The summed E-state index contributed by atoms with van der Waals surface area (Å²) in [6.07, 6.45) is -4.44. The Kier molecular flexibility index (Phi) is 3.54. The van der Waals surface area contributed by atoms with E-state index in [1.165, 1.54) is 6.07 Å². The molecule has 1 aromatic rings.